The lowest BCUT2D eigenvalue weighted by Crippen LogP contribution is -2.19. The standard InChI is InChI=1S/C20H20F2N6O2/c1-28(2)16-11-18(27-23-12-16)24-13-6-8-14(9-7-13)25-20(29)26-15-4-3-5-17(10-15)30-19(21)22/h3-12,19H,1-2H3,(H,24,27)(H2,25,26,29). The van der Waals surface area contributed by atoms with Crippen LogP contribution >= 0.6 is 0 Å². The normalized spacial score (nSPS) is 10.4. The minimum absolute atomic E-state index is 0.0420. The highest BCUT2D eigenvalue weighted by Crippen LogP contribution is 2.21. The molecule has 0 saturated heterocycles. The number of ether oxygens (including phenoxy) is 1. The van der Waals surface area contributed by atoms with E-state index in [-0.39, 0.29) is 5.75 Å². The Balaban J connectivity index is 1.57. The van der Waals surface area contributed by atoms with Gasteiger partial charge in [-0.25, -0.2) is 4.79 Å². The van der Waals surface area contributed by atoms with Crippen LogP contribution in [0.4, 0.5) is 42.1 Å². The first-order chi connectivity index (χ1) is 14.4. The van der Waals surface area contributed by atoms with Gasteiger partial charge in [-0.3, -0.25) is 0 Å². The molecule has 2 aromatic carbocycles. The molecule has 0 aliphatic rings. The van der Waals surface area contributed by atoms with E-state index >= 15 is 0 Å². The van der Waals surface area contributed by atoms with Crippen LogP contribution in [0.2, 0.25) is 0 Å². The van der Waals surface area contributed by atoms with Crippen molar-refractivity contribution in [1.29, 1.82) is 0 Å². The molecule has 3 aromatic rings. The van der Waals surface area contributed by atoms with Crippen LogP contribution in [0, 0.1) is 0 Å². The highest BCUT2D eigenvalue weighted by atomic mass is 19.3. The van der Waals surface area contributed by atoms with Gasteiger partial charge in [-0.2, -0.15) is 13.9 Å². The quantitative estimate of drug-likeness (QED) is 0.526. The fourth-order valence-corrected chi connectivity index (χ4v) is 2.49. The molecule has 3 N–H and O–H groups in total. The second kappa shape index (κ2) is 9.50. The van der Waals surface area contributed by atoms with E-state index in [9.17, 15) is 13.6 Å². The fourth-order valence-electron chi connectivity index (χ4n) is 2.49. The minimum atomic E-state index is -2.93. The SMILES string of the molecule is CN(C)c1cnnc(Nc2ccc(NC(=O)Nc3cccc(OC(F)F)c3)cc2)c1. The minimum Gasteiger partial charge on any atom is -0.435 e. The maximum absolute atomic E-state index is 12.3. The predicted molar refractivity (Wildman–Crippen MR) is 112 cm³/mol. The average molecular weight is 414 g/mol. The van der Waals surface area contributed by atoms with E-state index in [2.05, 4.69) is 30.9 Å². The lowest BCUT2D eigenvalue weighted by Gasteiger charge is -2.13. The number of amides is 2. The number of rotatable bonds is 7. The van der Waals surface area contributed by atoms with Gasteiger partial charge in [0.1, 0.15) is 5.75 Å². The number of alkyl halides is 2. The number of urea groups is 1. The molecule has 1 heterocycles. The fraction of sp³-hybridized carbons (Fsp3) is 0.150. The molecular formula is C20H20F2N6O2. The Morgan fingerprint density at radius 2 is 1.70 bits per heavy atom. The highest BCUT2D eigenvalue weighted by molar-refractivity contribution is 5.99. The van der Waals surface area contributed by atoms with Gasteiger partial charge in [0.15, 0.2) is 5.82 Å². The van der Waals surface area contributed by atoms with Gasteiger partial charge in [-0.05, 0) is 36.4 Å². The van der Waals surface area contributed by atoms with Crippen LogP contribution in [-0.2, 0) is 0 Å². The Bertz CT molecular complexity index is 999. The number of nitrogens with zero attached hydrogens (tertiary/aromatic N) is 3. The van der Waals surface area contributed by atoms with Crippen molar-refractivity contribution in [3.63, 3.8) is 0 Å². The van der Waals surface area contributed by atoms with Crippen LogP contribution in [0.25, 0.3) is 0 Å². The van der Waals surface area contributed by atoms with Gasteiger partial charge in [0.25, 0.3) is 0 Å². The van der Waals surface area contributed by atoms with Gasteiger partial charge in [0, 0.05) is 43.3 Å². The molecule has 8 nitrogen and oxygen atoms in total. The molecule has 0 radical (unpaired) electrons. The summed E-state index contributed by atoms with van der Waals surface area (Å²) in [5, 5.41) is 16.3. The van der Waals surface area contributed by atoms with Gasteiger partial charge < -0.3 is 25.6 Å². The molecule has 10 heteroatoms. The van der Waals surface area contributed by atoms with Gasteiger partial charge in [-0.15, -0.1) is 5.10 Å². The van der Waals surface area contributed by atoms with Crippen LogP contribution in [-0.4, -0.2) is 36.9 Å². The summed E-state index contributed by atoms with van der Waals surface area (Å²) in [4.78, 5) is 14.1. The first-order valence-electron chi connectivity index (χ1n) is 8.89. The van der Waals surface area contributed by atoms with Gasteiger partial charge in [0.2, 0.25) is 0 Å². The van der Waals surface area contributed by atoms with E-state index in [1.54, 1.807) is 36.5 Å². The number of carbonyl (C=O) groups excluding carboxylic acids is 1. The summed E-state index contributed by atoms with van der Waals surface area (Å²) in [6, 6.07) is 14.1. The van der Waals surface area contributed by atoms with Gasteiger partial charge in [-0.1, -0.05) is 6.07 Å². The topological polar surface area (TPSA) is 91.4 Å². The van der Waals surface area contributed by atoms with Crippen LogP contribution < -0.4 is 25.6 Å². The Kier molecular flexibility index (Phi) is 6.58. The zero-order valence-electron chi connectivity index (χ0n) is 16.3. The van der Waals surface area contributed by atoms with Crippen molar-refractivity contribution in [2.24, 2.45) is 0 Å². The summed E-state index contributed by atoms with van der Waals surface area (Å²) in [5.41, 5.74) is 2.54. The average Bonchev–Trinajstić information content (AvgIpc) is 2.69. The number of aromatic nitrogens is 2. The molecule has 3 rings (SSSR count). The molecule has 0 unspecified atom stereocenters. The molecule has 0 atom stereocenters. The summed E-state index contributed by atoms with van der Waals surface area (Å²) >= 11 is 0. The monoisotopic (exact) mass is 414 g/mol. The Hall–Kier alpha value is -3.95. The number of carbonyl (C=O) groups is 1. The number of hydrogen-bond acceptors (Lipinski definition) is 6. The third-order valence-corrected chi connectivity index (χ3v) is 3.89. The molecule has 0 aliphatic carbocycles. The van der Waals surface area contributed by atoms with Crippen LogP contribution in [0.15, 0.2) is 60.8 Å². The largest absolute Gasteiger partial charge is 0.435 e. The molecule has 30 heavy (non-hydrogen) atoms. The molecule has 0 saturated carbocycles. The molecule has 156 valence electrons. The zero-order valence-corrected chi connectivity index (χ0v) is 16.3. The zero-order chi connectivity index (χ0) is 21.5. The molecule has 0 fully saturated rings. The van der Waals surface area contributed by atoms with E-state index in [4.69, 9.17) is 0 Å². The third-order valence-electron chi connectivity index (χ3n) is 3.89. The van der Waals surface area contributed by atoms with Crippen LogP contribution in [0.1, 0.15) is 0 Å². The van der Waals surface area contributed by atoms with E-state index in [1.807, 2.05) is 25.1 Å². The molecule has 2 amide bonds. The van der Waals surface area contributed by atoms with E-state index < -0.39 is 12.6 Å². The maximum atomic E-state index is 12.3. The molecular weight excluding hydrogens is 394 g/mol. The van der Waals surface area contributed by atoms with Crippen molar-refractivity contribution < 1.29 is 18.3 Å². The Labute approximate surface area is 171 Å². The highest BCUT2D eigenvalue weighted by Gasteiger charge is 2.07. The molecule has 0 bridgehead atoms. The lowest BCUT2D eigenvalue weighted by atomic mass is 10.2. The molecule has 0 spiro atoms. The molecule has 0 aliphatic heterocycles. The summed E-state index contributed by atoms with van der Waals surface area (Å²) in [6.07, 6.45) is 1.66. The number of hydrogen-bond donors (Lipinski definition) is 3. The van der Waals surface area contributed by atoms with Crippen molar-refractivity contribution in [2.45, 2.75) is 6.61 Å². The first kappa shape index (κ1) is 20.8. The summed E-state index contributed by atoms with van der Waals surface area (Å²) in [5.74, 6) is 0.546. The summed E-state index contributed by atoms with van der Waals surface area (Å²) in [6.45, 7) is -2.93. The first-order valence-corrected chi connectivity index (χ1v) is 8.89. The summed E-state index contributed by atoms with van der Waals surface area (Å²) < 4.78 is 28.9. The number of halogens is 2. The van der Waals surface area contributed by atoms with Gasteiger partial charge >= 0.3 is 12.6 Å². The predicted octanol–water partition coefficient (Wildman–Crippen LogP) is 4.53. The Morgan fingerprint density at radius 1 is 1.00 bits per heavy atom. The Morgan fingerprint density at radius 3 is 2.40 bits per heavy atom. The third kappa shape index (κ3) is 6.03. The van der Waals surface area contributed by atoms with Crippen molar-refractivity contribution >= 4 is 34.6 Å². The van der Waals surface area contributed by atoms with E-state index in [0.29, 0.717) is 17.2 Å². The lowest BCUT2D eigenvalue weighted by molar-refractivity contribution is -0.0497. The van der Waals surface area contributed by atoms with Crippen molar-refractivity contribution in [3.8, 4) is 5.75 Å². The van der Waals surface area contributed by atoms with Crippen LogP contribution in [0.5, 0.6) is 5.75 Å². The second-order valence-electron chi connectivity index (χ2n) is 6.38. The van der Waals surface area contributed by atoms with Crippen molar-refractivity contribution in [2.75, 3.05) is 34.9 Å². The summed E-state index contributed by atoms with van der Waals surface area (Å²) in [7, 11) is 3.82. The van der Waals surface area contributed by atoms with Crippen LogP contribution in [0.3, 0.4) is 0 Å². The second-order valence-corrected chi connectivity index (χ2v) is 6.38. The number of benzene rings is 2. The van der Waals surface area contributed by atoms with Crippen molar-refractivity contribution in [1.82, 2.24) is 10.2 Å². The maximum Gasteiger partial charge on any atom is 0.387 e. The van der Waals surface area contributed by atoms with Gasteiger partial charge in [0.05, 0.1) is 11.9 Å². The number of nitrogens with one attached hydrogen (secondary N) is 3. The van der Waals surface area contributed by atoms with E-state index in [1.165, 1.54) is 18.2 Å². The molecule has 1 aromatic heterocycles. The number of anilines is 5. The smallest absolute Gasteiger partial charge is 0.387 e. The van der Waals surface area contributed by atoms with Crippen molar-refractivity contribution in [3.05, 3.63) is 60.8 Å². The van der Waals surface area contributed by atoms with E-state index in [0.717, 1.165) is 11.4 Å².